The highest BCUT2D eigenvalue weighted by atomic mass is 19.1. The van der Waals surface area contributed by atoms with Gasteiger partial charge in [-0.05, 0) is 97.6 Å². The summed E-state index contributed by atoms with van der Waals surface area (Å²) in [5.74, 6) is -3.43. The molecular formula is C31H33FN2O7. The van der Waals surface area contributed by atoms with Crippen molar-refractivity contribution in [2.24, 2.45) is 0 Å². The van der Waals surface area contributed by atoms with Gasteiger partial charge in [-0.2, -0.15) is 0 Å². The maximum absolute atomic E-state index is 13.5. The summed E-state index contributed by atoms with van der Waals surface area (Å²) in [5, 5.41) is 35.5. The van der Waals surface area contributed by atoms with Crippen LogP contribution in [0.3, 0.4) is 0 Å². The van der Waals surface area contributed by atoms with Gasteiger partial charge in [0.2, 0.25) is 5.91 Å². The molecule has 0 aromatic heterocycles. The van der Waals surface area contributed by atoms with Crippen molar-refractivity contribution in [2.45, 2.75) is 50.4 Å². The van der Waals surface area contributed by atoms with Crippen molar-refractivity contribution >= 4 is 23.5 Å². The van der Waals surface area contributed by atoms with Crippen molar-refractivity contribution in [1.82, 2.24) is 4.90 Å². The second kappa shape index (κ2) is 11.8. The summed E-state index contributed by atoms with van der Waals surface area (Å²) in [6.07, 6.45) is -3.52. The number of halogens is 1. The lowest BCUT2D eigenvalue weighted by atomic mass is 9.83. The number of carbonyl (C=O) groups is 3. The largest absolute Gasteiger partial charge is 0.479 e. The van der Waals surface area contributed by atoms with Gasteiger partial charge in [0.25, 0.3) is 0 Å². The Morgan fingerprint density at radius 2 is 1.54 bits per heavy atom. The van der Waals surface area contributed by atoms with E-state index >= 15 is 0 Å². The first-order chi connectivity index (χ1) is 19.3. The topological polar surface area (TPSA) is 147 Å². The zero-order valence-electron chi connectivity index (χ0n) is 23.0. The second-order valence-electron chi connectivity index (χ2n) is 10.9. The number of fused-ring (bicyclic) bond motifs is 2. The average molecular weight is 565 g/mol. The van der Waals surface area contributed by atoms with Gasteiger partial charge in [0.1, 0.15) is 5.82 Å². The number of carboxylic acid groups (broad SMARTS) is 2. The van der Waals surface area contributed by atoms with E-state index in [4.69, 9.17) is 20.4 Å². The lowest BCUT2D eigenvalue weighted by Gasteiger charge is -2.19. The van der Waals surface area contributed by atoms with Crippen molar-refractivity contribution < 1.29 is 39.2 Å². The van der Waals surface area contributed by atoms with E-state index in [1.165, 1.54) is 11.1 Å². The third-order valence-corrected chi connectivity index (χ3v) is 7.68. The molecule has 2 aliphatic rings. The number of hydrogen-bond donors (Lipinski definition) is 5. The lowest BCUT2D eigenvalue weighted by Crippen LogP contribution is -2.39. The van der Waals surface area contributed by atoms with E-state index in [0.717, 1.165) is 47.5 Å². The Morgan fingerprint density at radius 3 is 2.15 bits per heavy atom. The molecule has 10 heteroatoms. The molecule has 3 aromatic rings. The highest BCUT2D eigenvalue weighted by Crippen LogP contribution is 2.41. The van der Waals surface area contributed by atoms with Crippen LogP contribution in [0.2, 0.25) is 0 Å². The molecule has 9 nitrogen and oxygen atoms in total. The van der Waals surface area contributed by atoms with Gasteiger partial charge in [-0.15, -0.1) is 0 Å². The molecule has 1 unspecified atom stereocenters. The predicted molar refractivity (Wildman–Crippen MR) is 150 cm³/mol. The molecule has 0 spiro atoms. The molecule has 5 N–H and O–H groups in total. The molecule has 3 atom stereocenters. The summed E-state index contributed by atoms with van der Waals surface area (Å²) >= 11 is 0. The first kappa shape index (κ1) is 29.9. The van der Waals surface area contributed by atoms with Crippen LogP contribution in [0.4, 0.5) is 10.1 Å². The van der Waals surface area contributed by atoms with E-state index in [-0.39, 0.29) is 17.6 Å². The molecular weight excluding hydrogens is 531 g/mol. The Hall–Kier alpha value is -4.12. The minimum Gasteiger partial charge on any atom is -0.479 e. The fourth-order valence-electron chi connectivity index (χ4n) is 5.20. The van der Waals surface area contributed by atoms with Gasteiger partial charge in [0.05, 0.1) is 5.41 Å². The summed E-state index contributed by atoms with van der Waals surface area (Å²) in [6, 6.07) is 19.9. The Balaban J connectivity index is 0.000000334. The van der Waals surface area contributed by atoms with E-state index in [1.807, 2.05) is 32.0 Å². The predicted octanol–water partition coefficient (Wildman–Crippen LogP) is 3.57. The van der Waals surface area contributed by atoms with Crippen molar-refractivity contribution in [3.63, 3.8) is 0 Å². The van der Waals surface area contributed by atoms with Crippen molar-refractivity contribution in [2.75, 3.05) is 18.9 Å². The number of amides is 1. The maximum Gasteiger partial charge on any atom is 0.335 e. The molecule has 2 aliphatic heterocycles. The van der Waals surface area contributed by atoms with E-state index in [1.54, 1.807) is 12.1 Å². The van der Waals surface area contributed by atoms with Gasteiger partial charge in [0.15, 0.2) is 12.2 Å². The standard InChI is InChI=1S/C27H27FN2O.C4H6O6/c1-27(2)24-15-19(7-11-25(24)29-26(27)31)18-6-10-22-20(14-18)16-30(3)13-12-23(22)17-4-8-21(28)9-5-17;5-1(3(7)8)2(6)4(9)10/h4-11,14-15,23H,12-13,16H2,1-3H3,(H,29,31);1-2,5-6H,(H,7,8)(H,9,10)/t;1-,2-/m.1/s1. The van der Waals surface area contributed by atoms with Crippen molar-refractivity contribution in [3.05, 3.63) is 88.7 Å². The molecule has 0 saturated heterocycles. The highest BCUT2D eigenvalue weighted by Gasteiger charge is 2.38. The van der Waals surface area contributed by atoms with Crippen LogP contribution >= 0.6 is 0 Å². The molecule has 0 bridgehead atoms. The number of nitrogens with zero attached hydrogens (tertiary/aromatic N) is 1. The summed E-state index contributed by atoms with van der Waals surface area (Å²) in [7, 11) is 2.15. The number of rotatable bonds is 5. The van der Waals surface area contributed by atoms with Crippen LogP contribution in [0.5, 0.6) is 0 Å². The van der Waals surface area contributed by atoms with Gasteiger partial charge in [-0.3, -0.25) is 4.79 Å². The van der Waals surface area contributed by atoms with Crippen molar-refractivity contribution in [1.29, 1.82) is 0 Å². The number of benzene rings is 3. The minimum atomic E-state index is -2.27. The maximum atomic E-state index is 13.5. The molecule has 0 fully saturated rings. The SMILES string of the molecule is CN1CCC(c2ccc(F)cc2)c2ccc(-c3ccc4c(c3)C(C)(C)C(=O)N4)cc2C1.O=C(O)[C@H](O)[C@@H](O)C(=O)O. The lowest BCUT2D eigenvalue weighted by molar-refractivity contribution is -0.165. The van der Waals surface area contributed by atoms with Crippen LogP contribution in [0, 0.1) is 5.82 Å². The molecule has 3 aromatic carbocycles. The van der Waals surface area contributed by atoms with Crippen LogP contribution in [0.1, 0.15) is 48.4 Å². The quantitative estimate of drug-likeness (QED) is 0.316. The van der Waals surface area contributed by atoms with Crippen LogP contribution in [0.25, 0.3) is 11.1 Å². The van der Waals surface area contributed by atoms with Gasteiger partial charge >= 0.3 is 11.9 Å². The van der Waals surface area contributed by atoms with Gasteiger partial charge < -0.3 is 30.6 Å². The average Bonchev–Trinajstić information content (AvgIpc) is 3.05. The number of anilines is 1. The van der Waals surface area contributed by atoms with Crippen LogP contribution in [-0.4, -0.2) is 69.0 Å². The van der Waals surface area contributed by atoms with Gasteiger partial charge in [0, 0.05) is 18.2 Å². The van der Waals surface area contributed by atoms with E-state index in [2.05, 4.69) is 47.6 Å². The molecule has 2 heterocycles. The molecule has 1 amide bonds. The van der Waals surface area contributed by atoms with Gasteiger partial charge in [-0.1, -0.05) is 30.3 Å². The number of nitrogens with one attached hydrogen (secondary N) is 1. The summed E-state index contributed by atoms with van der Waals surface area (Å²) < 4.78 is 13.5. The molecule has 0 aliphatic carbocycles. The van der Waals surface area contributed by atoms with Crippen LogP contribution in [0.15, 0.2) is 60.7 Å². The summed E-state index contributed by atoms with van der Waals surface area (Å²) in [6.45, 7) is 5.82. The highest BCUT2D eigenvalue weighted by molar-refractivity contribution is 6.06. The third kappa shape index (κ3) is 6.30. The molecule has 216 valence electrons. The third-order valence-electron chi connectivity index (χ3n) is 7.68. The smallest absolute Gasteiger partial charge is 0.335 e. The van der Waals surface area contributed by atoms with Gasteiger partial charge in [-0.25, -0.2) is 14.0 Å². The van der Waals surface area contributed by atoms with E-state index < -0.39 is 29.6 Å². The zero-order chi connectivity index (χ0) is 30.1. The molecule has 41 heavy (non-hydrogen) atoms. The summed E-state index contributed by atoms with van der Waals surface area (Å²) in [4.78, 5) is 34.2. The Bertz CT molecular complexity index is 1450. The Morgan fingerprint density at radius 1 is 0.951 bits per heavy atom. The number of aliphatic hydroxyl groups excluding tert-OH is 2. The van der Waals surface area contributed by atoms with Crippen molar-refractivity contribution in [3.8, 4) is 11.1 Å². The first-order valence-corrected chi connectivity index (χ1v) is 13.1. The Kier molecular flexibility index (Phi) is 8.58. The minimum absolute atomic E-state index is 0.0466. The monoisotopic (exact) mass is 564 g/mol. The van der Waals surface area contributed by atoms with Crippen LogP contribution in [-0.2, 0) is 26.3 Å². The van der Waals surface area contributed by atoms with E-state index in [0.29, 0.717) is 0 Å². The van der Waals surface area contributed by atoms with Crippen LogP contribution < -0.4 is 5.32 Å². The summed E-state index contributed by atoms with van der Waals surface area (Å²) in [5.41, 5.74) is 7.50. The number of carboxylic acids is 2. The zero-order valence-corrected chi connectivity index (χ0v) is 23.0. The number of carbonyl (C=O) groups excluding carboxylic acids is 1. The normalized spacial score (nSPS) is 19.0. The fourth-order valence-corrected chi connectivity index (χ4v) is 5.20. The molecule has 5 rings (SSSR count). The Labute approximate surface area is 236 Å². The molecule has 0 saturated carbocycles. The number of aliphatic hydroxyl groups is 2. The molecule has 0 radical (unpaired) electrons. The number of aliphatic carboxylic acids is 2. The first-order valence-electron chi connectivity index (χ1n) is 13.1. The second-order valence-corrected chi connectivity index (χ2v) is 10.9. The van der Waals surface area contributed by atoms with E-state index in [9.17, 15) is 18.8 Å². The number of hydrogen-bond acceptors (Lipinski definition) is 6. The fraction of sp³-hybridized carbons (Fsp3) is 0.323.